The van der Waals surface area contributed by atoms with Crippen molar-refractivity contribution in [2.45, 2.75) is 85.0 Å². The van der Waals surface area contributed by atoms with E-state index in [0.717, 1.165) is 51.4 Å². The van der Waals surface area contributed by atoms with Gasteiger partial charge in [-0.15, -0.1) is 0 Å². The van der Waals surface area contributed by atoms with E-state index in [2.05, 4.69) is 13.8 Å². The van der Waals surface area contributed by atoms with E-state index in [-0.39, 0.29) is 5.41 Å². The summed E-state index contributed by atoms with van der Waals surface area (Å²) in [6.45, 7) is 6.35. The van der Waals surface area contributed by atoms with E-state index in [4.69, 9.17) is 0 Å². The molecule has 0 heterocycles. The maximum Gasteiger partial charge on any atom is 0.137 e. The van der Waals surface area contributed by atoms with Gasteiger partial charge in [0.1, 0.15) is 11.6 Å². The molecule has 0 aliphatic heterocycles. The van der Waals surface area contributed by atoms with Gasteiger partial charge < -0.3 is 0 Å². The molecule has 0 spiro atoms. The normalized spacial score (nSPS) is 37.3. The van der Waals surface area contributed by atoms with Crippen LogP contribution in [-0.2, 0) is 9.59 Å². The lowest BCUT2D eigenvalue weighted by Gasteiger charge is -2.53. The van der Waals surface area contributed by atoms with Crippen LogP contribution in [0.2, 0.25) is 0 Å². The molecule has 0 unspecified atom stereocenters. The minimum absolute atomic E-state index is 0.0623. The average molecular weight is 316 g/mol. The van der Waals surface area contributed by atoms with Crippen molar-refractivity contribution in [2.24, 2.45) is 23.2 Å². The number of carbonyl (C=O) groups excluding carboxylic acids is 2. The van der Waals surface area contributed by atoms with Crippen molar-refractivity contribution < 1.29 is 9.59 Å². The molecule has 0 radical (unpaired) electrons. The molecular weight excluding hydrogens is 284 g/mol. The van der Waals surface area contributed by atoms with Crippen LogP contribution in [0.5, 0.6) is 0 Å². The molecule has 1 saturated carbocycles. The Morgan fingerprint density at radius 1 is 1.17 bits per heavy atom. The minimum Gasteiger partial charge on any atom is -0.299 e. The molecule has 3 rings (SSSR count). The fourth-order valence-corrected chi connectivity index (χ4v) is 6.33. The number of ketones is 2. The standard InChI is InChI=1S/C21H32O2/c1-4-11-21(14(3)22)12-10-18-17-9-7-16(23)13-15(17)6-8-19(18)20(21)5-2/h18-20H,4-13H2,1-3H3/t18-,19-,20+,21-/m1/s1. The summed E-state index contributed by atoms with van der Waals surface area (Å²) in [5.41, 5.74) is 3.05. The lowest BCUT2D eigenvalue weighted by Crippen LogP contribution is -2.49. The summed E-state index contributed by atoms with van der Waals surface area (Å²) in [6.07, 6.45) is 10.3. The lowest BCUT2D eigenvalue weighted by atomic mass is 9.50. The topological polar surface area (TPSA) is 34.1 Å². The molecule has 2 nitrogen and oxygen atoms in total. The Morgan fingerprint density at radius 2 is 1.96 bits per heavy atom. The zero-order chi connectivity index (χ0) is 16.6. The third kappa shape index (κ3) is 2.72. The monoisotopic (exact) mass is 316 g/mol. The highest BCUT2D eigenvalue weighted by Gasteiger charge is 2.52. The molecule has 0 aromatic rings. The Hall–Kier alpha value is -0.920. The number of carbonyl (C=O) groups is 2. The van der Waals surface area contributed by atoms with Crippen molar-refractivity contribution in [1.82, 2.24) is 0 Å². The van der Waals surface area contributed by atoms with Crippen molar-refractivity contribution in [3.8, 4) is 0 Å². The number of rotatable bonds is 4. The first kappa shape index (κ1) is 16.9. The third-order valence-corrected chi connectivity index (χ3v) is 7.25. The van der Waals surface area contributed by atoms with Gasteiger partial charge in [-0.25, -0.2) is 0 Å². The Morgan fingerprint density at radius 3 is 2.61 bits per heavy atom. The highest BCUT2D eigenvalue weighted by atomic mass is 16.1. The van der Waals surface area contributed by atoms with Gasteiger partial charge in [0.15, 0.2) is 0 Å². The van der Waals surface area contributed by atoms with Crippen LogP contribution in [0.25, 0.3) is 0 Å². The van der Waals surface area contributed by atoms with Gasteiger partial charge in [-0.3, -0.25) is 9.59 Å². The predicted molar refractivity (Wildman–Crippen MR) is 93.1 cm³/mol. The second kappa shape index (κ2) is 6.53. The fraction of sp³-hybridized carbons (Fsp3) is 0.810. The molecule has 3 aliphatic carbocycles. The second-order valence-corrected chi connectivity index (χ2v) is 8.17. The number of allylic oxidation sites excluding steroid dienone is 2. The summed E-state index contributed by atoms with van der Waals surface area (Å²) in [7, 11) is 0. The number of fused-ring (bicyclic) bond motifs is 2. The molecule has 0 N–H and O–H groups in total. The van der Waals surface area contributed by atoms with Gasteiger partial charge in [-0.2, -0.15) is 0 Å². The summed E-state index contributed by atoms with van der Waals surface area (Å²) >= 11 is 0. The fourth-order valence-electron chi connectivity index (χ4n) is 6.33. The van der Waals surface area contributed by atoms with E-state index in [1.54, 1.807) is 5.57 Å². The smallest absolute Gasteiger partial charge is 0.137 e. The molecule has 0 saturated heterocycles. The van der Waals surface area contributed by atoms with Crippen LogP contribution in [0.4, 0.5) is 0 Å². The molecule has 0 aromatic carbocycles. The van der Waals surface area contributed by atoms with Gasteiger partial charge in [0.2, 0.25) is 0 Å². The van der Waals surface area contributed by atoms with E-state index in [1.165, 1.54) is 18.4 Å². The third-order valence-electron chi connectivity index (χ3n) is 7.25. The molecule has 0 amide bonds. The maximum atomic E-state index is 12.6. The van der Waals surface area contributed by atoms with Gasteiger partial charge in [0, 0.05) is 18.3 Å². The molecule has 2 heteroatoms. The number of Topliss-reactive ketones (excluding diaryl/α,β-unsaturated/α-hetero) is 2. The number of hydrogen-bond donors (Lipinski definition) is 0. The molecule has 0 bridgehead atoms. The molecular formula is C21H32O2. The summed E-state index contributed by atoms with van der Waals surface area (Å²) in [5, 5.41) is 0. The summed E-state index contributed by atoms with van der Waals surface area (Å²) in [5.74, 6) is 2.76. The lowest BCUT2D eigenvalue weighted by molar-refractivity contribution is -0.137. The summed E-state index contributed by atoms with van der Waals surface area (Å²) < 4.78 is 0. The Bertz CT molecular complexity index is 530. The predicted octanol–water partition coefficient (Wildman–Crippen LogP) is 5.26. The van der Waals surface area contributed by atoms with Crippen LogP contribution in [0.3, 0.4) is 0 Å². The van der Waals surface area contributed by atoms with Crippen LogP contribution in [-0.4, -0.2) is 11.6 Å². The van der Waals surface area contributed by atoms with Crippen molar-refractivity contribution in [2.75, 3.05) is 0 Å². The van der Waals surface area contributed by atoms with Crippen LogP contribution in [0.15, 0.2) is 11.1 Å². The maximum absolute atomic E-state index is 12.6. The van der Waals surface area contributed by atoms with Gasteiger partial charge in [0.05, 0.1) is 0 Å². The Labute approximate surface area is 141 Å². The van der Waals surface area contributed by atoms with Crippen LogP contribution >= 0.6 is 0 Å². The van der Waals surface area contributed by atoms with E-state index >= 15 is 0 Å². The zero-order valence-corrected chi connectivity index (χ0v) is 15.1. The van der Waals surface area contributed by atoms with Crippen LogP contribution < -0.4 is 0 Å². The summed E-state index contributed by atoms with van der Waals surface area (Å²) in [4.78, 5) is 24.4. The highest BCUT2D eigenvalue weighted by Crippen LogP contribution is 2.58. The average Bonchev–Trinajstić information content (AvgIpc) is 2.53. The first-order valence-electron chi connectivity index (χ1n) is 9.77. The van der Waals surface area contributed by atoms with Crippen LogP contribution in [0, 0.1) is 23.2 Å². The Kier molecular flexibility index (Phi) is 4.80. The Balaban J connectivity index is 1.92. The second-order valence-electron chi connectivity index (χ2n) is 8.17. The molecule has 0 aromatic heterocycles. The van der Waals surface area contributed by atoms with Gasteiger partial charge in [-0.1, -0.05) is 37.8 Å². The molecule has 1 fully saturated rings. The number of hydrogen-bond acceptors (Lipinski definition) is 2. The van der Waals surface area contributed by atoms with E-state index in [9.17, 15) is 9.59 Å². The van der Waals surface area contributed by atoms with Crippen molar-refractivity contribution in [1.29, 1.82) is 0 Å². The van der Waals surface area contributed by atoms with E-state index in [1.807, 2.05) is 6.92 Å². The molecule has 3 aliphatic rings. The zero-order valence-electron chi connectivity index (χ0n) is 15.1. The van der Waals surface area contributed by atoms with Gasteiger partial charge >= 0.3 is 0 Å². The summed E-state index contributed by atoms with van der Waals surface area (Å²) in [6, 6.07) is 0. The first-order valence-corrected chi connectivity index (χ1v) is 9.77. The van der Waals surface area contributed by atoms with Crippen molar-refractivity contribution in [3.05, 3.63) is 11.1 Å². The quantitative estimate of drug-likeness (QED) is 0.663. The van der Waals surface area contributed by atoms with Gasteiger partial charge in [-0.05, 0) is 63.2 Å². The molecule has 4 atom stereocenters. The minimum atomic E-state index is -0.0623. The van der Waals surface area contributed by atoms with Crippen molar-refractivity contribution >= 4 is 11.6 Å². The van der Waals surface area contributed by atoms with Crippen LogP contribution in [0.1, 0.15) is 85.0 Å². The van der Waals surface area contributed by atoms with E-state index < -0.39 is 0 Å². The van der Waals surface area contributed by atoms with Crippen molar-refractivity contribution in [3.63, 3.8) is 0 Å². The largest absolute Gasteiger partial charge is 0.299 e. The van der Waals surface area contributed by atoms with E-state index in [0.29, 0.717) is 29.3 Å². The first-order chi connectivity index (χ1) is 11.0. The van der Waals surface area contributed by atoms with Gasteiger partial charge in [0.25, 0.3) is 0 Å². The molecule has 128 valence electrons. The molecule has 23 heavy (non-hydrogen) atoms. The highest BCUT2D eigenvalue weighted by molar-refractivity contribution is 5.84. The SMILES string of the molecule is CCC[C@]1(C(C)=O)CC[C@@H]2C3=C(CC[C@H]2[C@@H]1CC)CC(=O)CC3.